The normalized spacial score (nSPS) is 13.4. The van der Waals surface area contributed by atoms with Gasteiger partial charge in [-0.15, -0.1) is 0 Å². The van der Waals surface area contributed by atoms with Gasteiger partial charge in [-0.2, -0.15) is 0 Å². The van der Waals surface area contributed by atoms with E-state index in [0.29, 0.717) is 11.1 Å². The predicted octanol–water partition coefficient (Wildman–Crippen LogP) is 2.67. The average Bonchev–Trinajstić information content (AvgIpc) is 2.84. The fourth-order valence-electron chi connectivity index (χ4n) is 2.96. The summed E-state index contributed by atoms with van der Waals surface area (Å²) in [6.07, 6.45) is 2.96. The fraction of sp³-hybridized carbons (Fsp3) is 0.556. The number of carbonyl (C=O) groups is 2. The molecule has 0 bridgehead atoms. The first kappa shape index (κ1) is 17.5. The van der Waals surface area contributed by atoms with E-state index in [4.69, 9.17) is 0 Å². The van der Waals surface area contributed by atoms with Crippen molar-refractivity contribution in [3.63, 3.8) is 0 Å². The van der Waals surface area contributed by atoms with Crippen molar-refractivity contribution >= 4 is 17.5 Å². The van der Waals surface area contributed by atoms with Crippen LogP contribution < -0.4 is 10.6 Å². The highest BCUT2D eigenvalue weighted by Gasteiger charge is 2.30. The Hall–Kier alpha value is -1.88. The summed E-state index contributed by atoms with van der Waals surface area (Å²) in [6, 6.07) is 3.69. The molecule has 0 saturated heterocycles. The molecule has 1 aromatic carbocycles. The summed E-state index contributed by atoms with van der Waals surface area (Å²) in [5, 5.41) is 5.84. The molecule has 1 aromatic rings. The van der Waals surface area contributed by atoms with Crippen LogP contribution >= 0.6 is 0 Å². The number of rotatable bonds is 9. The molecule has 0 aromatic heterocycles. The summed E-state index contributed by atoms with van der Waals surface area (Å²) >= 11 is 0. The third-order valence-corrected chi connectivity index (χ3v) is 4.43. The average molecular weight is 317 g/mol. The van der Waals surface area contributed by atoms with Crippen molar-refractivity contribution in [2.75, 3.05) is 31.5 Å². The van der Waals surface area contributed by atoms with Gasteiger partial charge in [-0.25, -0.2) is 0 Å². The molecule has 1 heterocycles. The van der Waals surface area contributed by atoms with Gasteiger partial charge in [0.05, 0.1) is 11.1 Å². The second-order valence-electron chi connectivity index (χ2n) is 5.85. The number of nitrogens with one attached hydrogen (secondary N) is 2. The Balaban J connectivity index is 2.30. The molecule has 0 radical (unpaired) electrons. The van der Waals surface area contributed by atoms with Gasteiger partial charge >= 0.3 is 0 Å². The Bertz CT molecular complexity index is 580. The first-order valence-corrected chi connectivity index (χ1v) is 8.60. The topological polar surface area (TPSA) is 61.4 Å². The van der Waals surface area contributed by atoms with Gasteiger partial charge in [-0.05, 0) is 43.6 Å². The van der Waals surface area contributed by atoms with Crippen LogP contribution in [0.4, 0.5) is 5.69 Å². The summed E-state index contributed by atoms with van der Waals surface area (Å²) in [4.78, 5) is 26.4. The molecule has 2 amide bonds. The van der Waals surface area contributed by atoms with Gasteiger partial charge in [-0.3, -0.25) is 14.9 Å². The molecule has 2 rings (SSSR count). The molecule has 0 atom stereocenters. The first-order chi connectivity index (χ1) is 11.1. The van der Waals surface area contributed by atoms with E-state index in [9.17, 15) is 9.59 Å². The Morgan fingerprint density at radius 3 is 2.48 bits per heavy atom. The predicted molar refractivity (Wildman–Crippen MR) is 93.1 cm³/mol. The Labute approximate surface area is 138 Å². The zero-order chi connectivity index (χ0) is 16.8. The Kier molecular flexibility index (Phi) is 6.16. The largest absolute Gasteiger partial charge is 0.385 e. The molecule has 126 valence electrons. The lowest BCUT2D eigenvalue weighted by atomic mass is 9.97. The lowest BCUT2D eigenvalue weighted by Crippen LogP contribution is -2.26. The molecule has 5 nitrogen and oxygen atoms in total. The van der Waals surface area contributed by atoms with Crippen LogP contribution in [0.2, 0.25) is 0 Å². The quantitative estimate of drug-likeness (QED) is 0.543. The maximum atomic E-state index is 12.2. The van der Waals surface area contributed by atoms with Crippen LogP contribution in [-0.4, -0.2) is 42.9 Å². The molecular weight excluding hydrogens is 290 g/mol. The molecule has 1 aliphatic rings. The monoisotopic (exact) mass is 317 g/mol. The minimum atomic E-state index is -0.283. The van der Waals surface area contributed by atoms with E-state index in [1.807, 2.05) is 6.07 Å². The lowest BCUT2D eigenvalue weighted by molar-refractivity contribution is 0.0879. The van der Waals surface area contributed by atoms with E-state index < -0.39 is 0 Å². The minimum Gasteiger partial charge on any atom is -0.385 e. The molecule has 0 saturated carbocycles. The SMILES string of the molecule is CCCCNc1ccc2c(c1CCN(CC)CC)C(=O)NC2=O. The van der Waals surface area contributed by atoms with Crippen LogP contribution in [0.3, 0.4) is 0 Å². The van der Waals surface area contributed by atoms with E-state index in [2.05, 4.69) is 36.3 Å². The van der Waals surface area contributed by atoms with Gasteiger partial charge in [0.2, 0.25) is 0 Å². The molecule has 0 unspecified atom stereocenters. The number of nitrogens with zero attached hydrogens (tertiary/aromatic N) is 1. The minimum absolute atomic E-state index is 0.265. The smallest absolute Gasteiger partial charge is 0.259 e. The second-order valence-corrected chi connectivity index (χ2v) is 5.85. The van der Waals surface area contributed by atoms with E-state index in [0.717, 1.165) is 56.7 Å². The van der Waals surface area contributed by atoms with Crippen LogP contribution in [0.25, 0.3) is 0 Å². The number of carbonyl (C=O) groups excluding carboxylic acids is 2. The number of hydrogen-bond donors (Lipinski definition) is 2. The molecule has 0 aliphatic carbocycles. The van der Waals surface area contributed by atoms with Crippen molar-refractivity contribution in [2.45, 2.75) is 40.0 Å². The third kappa shape index (κ3) is 3.91. The number of benzene rings is 1. The van der Waals surface area contributed by atoms with Crippen molar-refractivity contribution in [1.29, 1.82) is 0 Å². The fourth-order valence-corrected chi connectivity index (χ4v) is 2.96. The van der Waals surface area contributed by atoms with Crippen molar-refractivity contribution in [1.82, 2.24) is 10.2 Å². The van der Waals surface area contributed by atoms with Gasteiger partial charge in [0, 0.05) is 18.8 Å². The number of imide groups is 1. The summed E-state index contributed by atoms with van der Waals surface area (Å²) < 4.78 is 0. The molecule has 0 fully saturated rings. The molecule has 5 heteroatoms. The number of hydrogen-bond acceptors (Lipinski definition) is 4. The third-order valence-electron chi connectivity index (χ3n) is 4.43. The maximum Gasteiger partial charge on any atom is 0.259 e. The highest BCUT2D eigenvalue weighted by atomic mass is 16.2. The highest BCUT2D eigenvalue weighted by molar-refractivity contribution is 6.22. The van der Waals surface area contributed by atoms with Crippen LogP contribution in [0.5, 0.6) is 0 Å². The number of likely N-dealkylation sites (N-methyl/N-ethyl adjacent to an activating group) is 1. The van der Waals surface area contributed by atoms with Crippen LogP contribution in [0.15, 0.2) is 12.1 Å². The van der Waals surface area contributed by atoms with Gasteiger partial charge in [0.25, 0.3) is 11.8 Å². The molecule has 2 N–H and O–H groups in total. The van der Waals surface area contributed by atoms with Crippen molar-refractivity contribution in [3.8, 4) is 0 Å². The molecule has 23 heavy (non-hydrogen) atoms. The van der Waals surface area contributed by atoms with Crippen LogP contribution in [0, 0.1) is 0 Å². The Morgan fingerprint density at radius 2 is 1.83 bits per heavy atom. The van der Waals surface area contributed by atoms with Crippen LogP contribution in [0.1, 0.15) is 59.9 Å². The van der Waals surface area contributed by atoms with Gasteiger partial charge in [0.1, 0.15) is 0 Å². The van der Waals surface area contributed by atoms with Gasteiger partial charge < -0.3 is 10.2 Å². The number of amides is 2. The second kappa shape index (κ2) is 8.11. The Morgan fingerprint density at radius 1 is 1.09 bits per heavy atom. The van der Waals surface area contributed by atoms with E-state index in [-0.39, 0.29) is 11.8 Å². The summed E-state index contributed by atoms with van der Waals surface area (Å²) in [5.74, 6) is -0.548. The van der Waals surface area contributed by atoms with Gasteiger partial charge in [-0.1, -0.05) is 27.2 Å². The lowest BCUT2D eigenvalue weighted by Gasteiger charge is -2.20. The number of fused-ring (bicyclic) bond motifs is 1. The van der Waals surface area contributed by atoms with E-state index >= 15 is 0 Å². The number of anilines is 1. The van der Waals surface area contributed by atoms with Gasteiger partial charge in [0.15, 0.2) is 0 Å². The van der Waals surface area contributed by atoms with E-state index in [1.54, 1.807) is 6.07 Å². The number of unbranched alkanes of at least 4 members (excludes halogenated alkanes) is 1. The first-order valence-electron chi connectivity index (χ1n) is 8.60. The van der Waals surface area contributed by atoms with E-state index in [1.165, 1.54) is 0 Å². The maximum absolute atomic E-state index is 12.2. The molecular formula is C18H27N3O2. The summed E-state index contributed by atoms with van der Waals surface area (Å²) in [6.45, 7) is 10.1. The summed E-state index contributed by atoms with van der Waals surface area (Å²) in [7, 11) is 0. The van der Waals surface area contributed by atoms with Crippen molar-refractivity contribution in [2.24, 2.45) is 0 Å². The zero-order valence-electron chi connectivity index (χ0n) is 14.4. The molecule has 0 spiro atoms. The highest BCUT2D eigenvalue weighted by Crippen LogP contribution is 2.28. The van der Waals surface area contributed by atoms with Crippen LogP contribution in [-0.2, 0) is 6.42 Å². The van der Waals surface area contributed by atoms with Crippen molar-refractivity contribution in [3.05, 3.63) is 28.8 Å². The van der Waals surface area contributed by atoms with Crippen molar-refractivity contribution < 1.29 is 9.59 Å². The summed E-state index contributed by atoms with van der Waals surface area (Å²) in [5.41, 5.74) is 3.01. The zero-order valence-corrected chi connectivity index (χ0v) is 14.4. The standard InChI is InChI=1S/C18H27N3O2/c1-4-7-11-19-15-9-8-14-16(18(23)20-17(14)22)13(15)10-12-21(5-2)6-3/h8-9,19H,4-7,10-12H2,1-3H3,(H,20,22,23). The molecule has 1 aliphatic heterocycles.